The third-order valence-corrected chi connectivity index (χ3v) is 7.65. The van der Waals surface area contributed by atoms with Crippen LogP contribution in [0.5, 0.6) is 0 Å². The van der Waals surface area contributed by atoms with Gasteiger partial charge in [0.25, 0.3) is 0 Å². The molecule has 0 radical (unpaired) electrons. The molecule has 0 unspecified atom stereocenters. The number of ether oxygens (including phenoxy) is 1. The van der Waals surface area contributed by atoms with Crippen LogP contribution in [-0.2, 0) is 20.9 Å². The molecule has 3 fully saturated rings. The lowest BCUT2D eigenvalue weighted by atomic mass is 9.64. The maximum atomic E-state index is 13.5. The molecule has 1 N–H and O–H groups in total. The van der Waals surface area contributed by atoms with Gasteiger partial charge in [0.1, 0.15) is 11.4 Å². The molecule has 0 spiro atoms. The number of rotatable bonds is 3. The van der Waals surface area contributed by atoms with Gasteiger partial charge in [0.2, 0.25) is 5.91 Å². The van der Waals surface area contributed by atoms with Crippen LogP contribution in [0.4, 0.5) is 0 Å². The van der Waals surface area contributed by atoms with Crippen LogP contribution in [0.25, 0.3) is 0 Å². The van der Waals surface area contributed by atoms with Crippen molar-refractivity contribution in [2.45, 2.75) is 71.4 Å². The number of carbonyl (C=O) groups is 2. The van der Waals surface area contributed by atoms with Crippen LogP contribution >= 0.6 is 0 Å². The van der Waals surface area contributed by atoms with E-state index < -0.39 is 16.4 Å². The summed E-state index contributed by atoms with van der Waals surface area (Å²) in [7, 11) is 0. The van der Waals surface area contributed by atoms with E-state index in [1.807, 2.05) is 32.6 Å². The van der Waals surface area contributed by atoms with Gasteiger partial charge in [-0.1, -0.05) is 13.8 Å². The summed E-state index contributed by atoms with van der Waals surface area (Å²) in [4.78, 5) is 39.8. The topological polar surface area (TPSA) is 97.3 Å². The lowest BCUT2D eigenvalue weighted by Gasteiger charge is -2.40. The minimum atomic E-state index is -1.06. The molecule has 2 atom stereocenters. The third kappa shape index (κ3) is 2.15. The summed E-state index contributed by atoms with van der Waals surface area (Å²) in [5.41, 5.74) is -2.34. The molecule has 3 heterocycles. The molecule has 3 aliphatic rings. The average molecular weight is 376 g/mol. The van der Waals surface area contributed by atoms with Gasteiger partial charge in [-0.15, -0.1) is 0 Å². The highest BCUT2D eigenvalue weighted by Gasteiger charge is 2.76. The van der Waals surface area contributed by atoms with Crippen LogP contribution in [0.2, 0.25) is 0 Å². The van der Waals surface area contributed by atoms with Crippen LogP contribution in [0.15, 0.2) is 4.79 Å². The van der Waals surface area contributed by atoms with E-state index in [0.29, 0.717) is 26.1 Å². The van der Waals surface area contributed by atoms with Crippen molar-refractivity contribution in [3.8, 4) is 0 Å². The first-order valence-electron chi connectivity index (χ1n) is 9.86. The molecule has 8 nitrogen and oxygen atoms in total. The number of H-pyrrole nitrogens is 1. The van der Waals surface area contributed by atoms with Crippen molar-refractivity contribution in [2.75, 3.05) is 13.1 Å². The second kappa shape index (κ2) is 5.69. The Kier molecular flexibility index (Phi) is 3.85. The van der Waals surface area contributed by atoms with E-state index in [1.54, 1.807) is 4.57 Å². The summed E-state index contributed by atoms with van der Waals surface area (Å²) in [5.74, 6) is 0.456. The summed E-state index contributed by atoms with van der Waals surface area (Å²) in [5, 5.41) is 6.71. The summed E-state index contributed by atoms with van der Waals surface area (Å²) >= 11 is 0. The normalized spacial score (nSPS) is 32.7. The van der Waals surface area contributed by atoms with Crippen molar-refractivity contribution in [2.24, 2.45) is 10.8 Å². The van der Waals surface area contributed by atoms with Gasteiger partial charge >= 0.3 is 11.7 Å². The summed E-state index contributed by atoms with van der Waals surface area (Å²) in [6.45, 7) is 9.54. The molecule has 148 valence electrons. The standard InChI is InChI=1S/C19H28N4O4/c1-5-23-13(20-21-16(23)26)12-6-10-22(11-7-12)14(24)19-9-8-18(4,17(19,2)3)27-15(19)25/h12H,5-11H2,1-4H3,(H,21,26)/t18-,19+/m1/s1. The van der Waals surface area contributed by atoms with Crippen molar-refractivity contribution in [1.82, 2.24) is 19.7 Å². The smallest absolute Gasteiger partial charge is 0.343 e. The Labute approximate surface area is 158 Å². The molecular formula is C19H28N4O4. The number of nitrogens with one attached hydrogen (secondary N) is 1. The highest BCUT2D eigenvalue weighted by atomic mass is 16.6. The van der Waals surface area contributed by atoms with Gasteiger partial charge in [0.15, 0.2) is 5.41 Å². The first-order valence-corrected chi connectivity index (χ1v) is 9.86. The summed E-state index contributed by atoms with van der Waals surface area (Å²) in [6, 6.07) is 0. The number of likely N-dealkylation sites (tertiary alicyclic amines) is 1. The van der Waals surface area contributed by atoms with Gasteiger partial charge in [0, 0.05) is 31.0 Å². The van der Waals surface area contributed by atoms with Crippen molar-refractivity contribution >= 4 is 11.9 Å². The molecule has 2 bridgehead atoms. The molecule has 2 aliphatic heterocycles. The first kappa shape index (κ1) is 18.3. The molecule has 27 heavy (non-hydrogen) atoms. The number of nitrogens with zero attached hydrogens (tertiary/aromatic N) is 3. The van der Waals surface area contributed by atoms with Crippen LogP contribution in [0.1, 0.15) is 65.1 Å². The van der Waals surface area contributed by atoms with Crippen LogP contribution < -0.4 is 5.69 Å². The monoisotopic (exact) mass is 376 g/mol. The quantitative estimate of drug-likeness (QED) is 0.636. The molecule has 1 aliphatic carbocycles. The number of amides is 1. The van der Waals surface area contributed by atoms with Crippen LogP contribution in [-0.4, -0.2) is 50.2 Å². The van der Waals surface area contributed by atoms with E-state index in [4.69, 9.17) is 4.74 Å². The third-order valence-electron chi connectivity index (χ3n) is 7.65. The average Bonchev–Trinajstić information content (AvgIpc) is 3.15. The number of piperidine rings is 1. The van der Waals surface area contributed by atoms with Gasteiger partial charge in [-0.3, -0.25) is 14.2 Å². The lowest BCUT2D eigenvalue weighted by molar-refractivity contribution is -0.165. The minimum absolute atomic E-state index is 0.0907. The lowest BCUT2D eigenvalue weighted by Crippen LogP contribution is -2.54. The molecule has 0 aromatic carbocycles. The van der Waals surface area contributed by atoms with E-state index in [1.165, 1.54) is 0 Å². The van der Waals surface area contributed by atoms with Gasteiger partial charge in [-0.25, -0.2) is 9.89 Å². The van der Waals surface area contributed by atoms with Gasteiger partial charge in [0.05, 0.1) is 0 Å². The maximum absolute atomic E-state index is 13.5. The second-order valence-electron chi connectivity index (χ2n) is 8.85. The molecule has 4 rings (SSSR count). The van der Waals surface area contributed by atoms with Crippen molar-refractivity contribution in [3.05, 3.63) is 16.3 Å². The van der Waals surface area contributed by atoms with E-state index >= 15 is 0 Å². The predicted octanol–water partition coefficient (Wildman–Crippen LogP) is 1.42. The van der Waals surface area contributed by atoms with Crippen molar-refractivity contribution in [3.63, 3.8) is 0 Å². The Balaban J connectivity index is 1.53. The molecule has 1 aromatic heterocycles. The largest absolute Gasteiger partial charge is 0.458 e. The van der Waals surface area contributed by atoms with Crippen LogP contribution in [0.3, 0.4) is 0 Å². The van der Waals surface area contributed by atoms with Crippen molar-refractivity contribution in [1.29, 1.82) is 0 Å². The number of aromatic nitrogens is 3. The second-order valence-corrected chi connectivity index (χ2v) is 8.85. The number of hydrogen-bond acceptors (Lipinski definition) is 5. The fourth-order valence-electron chi connectivity index (χ4n) is 5.35. The van der Waals surface area contributed by atoms with E-state index in [-0.39, 0.29) is 23.5 Å². The van der Waals surface area contributed by atoms with Crippen LogP contribution in [0, 0.1) is 10.8 Å². The number of hydrogen-bond donors (Lipinski definition) is 1. The number of aromatic amines is 1. The Morgan fingerprint density at radius 1 is 1.22 bits per heavy atom. The van der Waals surface area contributed by atoms with Crippen molar-refractivity contribution < 1.29 is 14.3 Å². The zero-order valence-electron chi connectivity index (χ0n) is 16.5. The van der Waals surface area contributed by atoms with Gasteiger partial charge in [-0.05, 0) is 39.5 Å². The molecule has 2 saturated heterocycles. The summed E-state index contributed by atoms with van der Waals surface area (Å²) < 4.78 is 7.32. The zero-order valence-corrected chi connectivity index (χ0v) is 16.5. The first-order chi connectivity index (χ1) is 12.7. The molecule has 8 heteroatoms. The number of carbonyl (C=O) groups excluding carboxylic acids is 2. The highest BCUT2D eigenvalue weighted by molar-refractivity contribution is 6.06. The molecule has 1 aromatic rings. The zero-order chi connectivity index (χ0) is 19.6. The van der Waals surface area contributed by atoms with E-state index in [0.717, 1.165) is 25.1 Å². The van der Waals surface area contributed by atoms with Gasteiger partial charge < -0.3 is 9.64 Å². The minimum Gasteiger partial charge on any atom is -0.458 e. The highest BCUT2D eigenvalue weighted by Crippen LogP contribution is 2.66. The molecular weight excluding hydrogens is 348 g/mol. The summed E-state index contributed by atoms with van der Waals surface area (Å²) in [6.07, 6.45) is 2.75. The Hall–Kier alpha value is -2.12. The maximum Gasteiger partial charge on any atom is 0.343 e. The van der Waals surface area contributed by atoms with E-state index in [2.05, 4.69) is 10.2 Å². The number of fused-ring (bicyclic) bond motifs is 2. The van der Waals surface area contributed by atoms with Gasteiger partial charge in [-0.2, -0.15) is 5.10 Å². The molecule has 1 saturated carbocycles. The predicted molar refractivity (Wildman–Crippen MR) is 97.0 cm³/mol. The van der Waals surface area contributed by atoms with E-state index in [9.17, 15) is 14.4 Å². The fourth-order valence-corrected chi connectivity index (χ4v) is 5.35. The molecule has 1 amide bonds. The number of esters is 1. The Morgan fingerprint density at radius 3 is 2.41 bits per heavy atom. The SMILES string of the molecule is CCn1c(C2CCN(C(=O)[C@@]34CC[C@@](C)(OC3=O)C4(C)C)CC2)n[nH]c1=O. The Morgan fingerprint density at radius 2 is 1.89 bits per heavy atom. The Bertz CT molecular complexity index is 848. The fraction of sp³-hybridized carbons (Fsp3) is 0.789.